The van der Waals surface area contributed by atoms with Gasteiger partial charge in [-0.25, -0.2) is 19.9 Å². The number of carbonyl (C=O) groups excluding carboxylic acids is 8. The van der Waals surface area contributed by atoms with Crippen LogP contribution in [0.5, 0.6) is 0 Å². The van der Waals surface area contributed by atoms with Gasteiger partial charge >= 0.3 is 0 Å². The zero-order chi connectivity index (χ0) is 101. The number of halogens is 8. The van der Waals surface area contributed by atoms with E-state index in [-0.39, 0.29) is 34.1 Å². The predicted octanol–water partition coefficient (Wildman–Crippen LogP) is 21.1. The topological polar surface area (TPSA) is 391 Å². The average Bonchev–Trinajstić information content (AvgIpc) is 0.889. The van der Waals surface area contributed by atoms with Crippen LogP contribution in [-0.4, -0.2) is 208 Å². The molecule has 3 aliphatic rings. The lowest BCUT2D eigenvalue weighted by Crippen LogP contribution is -2.35. The maximum atomic E-state index is 13.2. The van der Waals surface area contributed by atoms with Crippen molar-refractivity contribution in [2.75, 3.05) is 165 Å². The first-order valence-electron chi connectivity index (χ1n) is 43.7. The Morgan fingerprint density at radius 3 is 0.764 bits per heavy atom. The van der Waals surface area contributed by atoms with Crippen LogP contribution in [0.15, 0.2) is 224 Å². The summed E-state index contributed by atoms with van der Waals surface area (Å²) in [5.74, 6) is -0.401. The number of aliphatic imine (C=N–C) groups is 1. The third-order valence-corrected chi connectivity index (χ3v) is 23.8. The Morgan fingerprint density at radius 2 is 0.536 bits per heavy atom. The molecule has 140 heavy (non-hydrogen) atoms. The first kappa shape index (κ1) is 105. The van der Waals surface area contributed by atoms with Gasteiger partial charge in [-0.15, -0.1) is 0 Å². The summed E-state index contributed by atoms with van der Waals surface area (Å²) in [7, 11) is 16.3. The molecule has 2 fully saturated rings. The van der Waals surface area contributed by atoms with Gasteiger partial charge in [0.1, 0.15) is 40.8 Å². The number of hydrogen-bond acceptors (Lipinski definition) is 21. The number of hydrogen-bond donors (Lipinski definition) is 11. The van der Waals surface area contributed by atoms with Gasteiger partial charge in [-0.2, -0.15) is 0 Å². The molecule has 8 aromatic carbocycles. The summed E-state index contributed by atoms with van der Waals surface area (Å²) < 4.78 is 0. The van der Waals surface area contributed by atoms with Crippen LogP contribution in [-0.2, 0) is 0 Å². The summed E-state index contributed by atoms with van der Waals surface area (Å²) in [6.45, 7) is 6.81. The minimum absolute atomic E-state index is 0.179. The van der Waals surface area contributed by atoms with Crippen molar-refractivity contribution in [3.05, 3.63) is 326 Å². The first-order valence-corrected chi connectivity index (χ1v) is 46.8. The van der Waals surface area contributed by atoms with E-state index in [1.807, 2.05) is 24.1 Å². The van der Waals surface area contributed by atoms with Crippen LogP contribution in [0.3, 0.4) is 0 Å². The number of rotatable bonds is 24. The number of piperidine rings is 1. The van der Waals surface area contributed by atoms with Crippen molar-refractivity contribution in [2.45, 2.75) is 39.0 Å². The molecule has 0 aliphatic carbocycles. The van der Waals surface area contributed by atoms with Crippen LogP contribution >= 0.6 is 92.8 Å². The number of likely N-dealkylation sites (tertiary alicyclic amines) is 2. The van der Waals surface area contributed by atoms with E-state index < -0.39 is 35.4 Å². The second-order valence-corrected chi connectivity index (χ2v) is 36.5. The van der Waals surface area contributed by atoms with E-state index in [1.165, 1.54) is 55.5 Å². The second-order valence-electron chi connectivity index (χ2n) is 33.0. The van der Waals surface area contributed by atoms with Crippen molar-refractivity contribution in [2.24, 2.45) is 4.99 Å². The van der Waals surface area contributed by atoms with E-state index in [2.05, 4.69) is 77.3 Å². The van der Waals surface area contributed by atoms with E-state index in [1.54, 1.807) is 241 Å². The number of aromatic nitrogens is 4. The number of anilines is 12. The monoisotopic (exact) mass is 2040 g/mol. The Bertz CT molecular complexity index is 6650. The third-order valence-electron chi connectivity index (χ3n) is 22.0. The zero-order valence-electron chi connectivity index (χ0n) is 77.7. The van der Waals surface area contributed by atoms with Crippen LogP contribution in [0, 0.1) is 16.2 Å². The molecule has 0 spiro atoms. The minimum atomic E-state index is -0.490. The van der Waals surface area contributed by atoms with Crippen molar-refractivity contribution in [1.29, 1.82) is 16.2 Å². The standard InChI is InChI=1S/C27H28Cl2N6O2.C26H26Cl2N6O2.C25H24Cl2N6O2.C23H21Cl2N5O2/c1-34(2)22-15-20(29)14-21(27(37)32-23-11-10-19(28)16-31-23)24(22)33-26(36)18-8-6-17(7-9-18)25(30)35-12-4-3-5-13-35;1-33(2)21-14-19(28)13-20(26(36)31-22-10-9-18(27)15-30-22)23(21)32-25(35)17-7-5-16(6-8-17)24(29)34-11-3-4-12-34;1-32(2)20-13-18(27)12-19(25(35)30-21-9-8-17(26)14-29-21)22(20)31-24(34)16-6-4-15(5-7-16)23-28-10-11-33(23)3;1-13(26)14-4-6-15(7-5-14)22(31)29-21-18(10-17(25)11-19(21)30(2)3)23(32)28-20-9-8-16(24)12-27-20/h6-11,14-16,30H,3-5,12-13H2,1-2H3,(H,33,36)(H,31,32,37);5-10,13-15,29H,3-4,11-12H2,1-2H3,(H,32,35)(H,30,31,36);4-9,12-14H,10-11H2,1-3H3,(H,31,34)(H,29,30,35);4-12,26H,1-3H3,(H,29,31)(H,27,28,32). The van der Waals surface area contributed by atoms with Crippen LogP contribution in [0.1, 0.15) is 144 Å². The molecule has 3 aliphatic heterocycles. The highest BCUT2D eigenvalue weighted by Crippen LogP contribution is 2.39. The van der Waals surface area contributed by atoms with Gasteiger partial charge in [0.15, 0.2) is 0 Å². The maximum absolute atomic E-state index is 13.2. The molecule has 39 heteroatoms. The Balaban J connectivity index is 0.000000167. The van der Waals surface area contributed by atoms with Gasteiger partial charge in [-0.1, -0.05) is 141 Å². The van der Waals surface area contributed by atoms with E-state index in [0.717, 1.165) is 93.0 Å². The maximum Gasteiger partial charge on any atom is 0.259 e. The molecule has 11 N–H and O–H groups in total. The number of nitrogens with zero attached hydrogens (tertiary/aromatic N) is 12. The molecule has 0 unspecified atom stereocenters. The van der Waals surface area contributed by atoms with Crippen molar-refractivity contribution in [1.82, 2.24) is 34.6 Å². The molecule has 15 rings (SSSR count). The van der Waals surface area contributed by atoms with Crippen LogP contribution in [0.25, 0.3) is 0 Å². The number of amides is 8. The number of amidine groups is 3. The quantitative estimate of drug-likeness (QED) is 0.0198. The van der Waals surface area contributed by atoms with Crippen molar-refractivity contribution < 1.29 is 38.4 Å². The summed E-state index contributed by atoms with van der Waals surface area (Å²) in [6.07, 6.45) is 11.2. The van der Waals surface area contributed by atoms with Crippen molar-refractivity contribution >= 4 is 232 Å². The van der Waals surface area contributed by atoms with Gasteiger partial charge in [0.05, 0.1) is 94.4 Å². The van der Waals surface area contributed by atoms with Gasteiger partial charge in [0.2, 0.25) is 0 Å². The van der Waals surface area contributed by atoms with Gasteiger partial charge in [-0.3, -0.25) is 54.2 Å². The Kier molecular flexibility index (Phi) is 36.1. The van der Waals surface area contributed by atoms with Gasteiger partial charge < -0.3 is 82.2 Å². The third kappa shape index (κ3) is 27.8. The zero-order valence-corrected chi connectivity index (χ0v) is 83.8. The second kappa shape index (κ2) is 48.3. The molecule has 31 nitrogen and oxygen atoms in total. The number of pyridine rings is 4. The molecule has 0 saturated carbocycles. The van der Waals surface area contributed by atoms with Crippen LogP contribution in [0.4, 0.5) is 68.8 Å². The summed E-state index contributed by atoms with van der Waals surface area (Å²) in [6, 6.07) is 53.2. The lowest BCUT2D eigenvalue weighted by Gasteiger charge is -2.29. The van der Waals surface area contributed by atoms with Gasteiger partial charge in [0.25, 0.3) is 47.3 Å². The first-order chi connectivity index (χ1) is 66.8. The Hall–Kier alpha value is -14.3. The summed E-state index contributed by atoms with van der Waals surface area (Å²) >= 11 is 48.7. The fraction of sp³-hybridized carbons (Fsp3) is 0.208. The van der Waals surface area contributed by atoms with Gasteiger partial charge in [0, 0.05) is 186 Å². The molecule has 12 aromatic rings. The molecule has 4 aromatic heterocycles. The fourth-order valence-corrected chi connectivity index (χ4v) is 16.1. The molecule has 722 valence electrons. The van der Waals surface area contributed by atoms with E-state index in [0.29, 0.717) is 149 Å². The molecule has 8 amide bonds. The summed E-state index contributed by atoms with van der Waals surface area (Å²) in [5.41, 5.74) is 9.51. The van der Waals surface area contributed by atoms with E-state index in [9.17, 15) is 38.4 Å². The molecular formula is C101H99Cl8N23O8. The van der Waals surface area contributed by atoms with Crippen LogP contribution in [0.2, 0.25) is 40.2 Å². The molecule has 0 atom stereocenters. The molecule has 0 radical (unpaired) electrons. The van der Waals surface area contributed by atoms with Crippen molar-refractivity contribution in [3.63, 3.8) is 0 Å². The highest BCUT2D eigenvalue weighted by molar-refractivity contribution is 6.35. The predicted molar refractivity (Wildman–Crippen MR) is 566 cm³/mol. The lowest BCUT2D eigenvalue weighted by molar-refractivity contribution is 0.101. The summed E-state index contributed by atoms with van der Waals surface area (Å²) in [5, 5.41) is 50.1. The van der Waals surface area contributed by atoms with E-state index >= 15 is 0 Å². The normalized spacial score (nSPS) is 12.4. The highest BCUT2D eigenvalue weighted by atomic mass is 35.5. The summed E-state index contributed by atoms with van der Waals surface area (Å²) in [4.78, 5) is 139. The Morgan fingerprint density at radius 1 is 0.293 bits per heavy atom. The van der Waals surface area contributed by atoms with Crippen LogP contribution < -0.4 is 62.1 Å². The Labute approximate surface area is 849 Å². The smallest absolute Gasteiger partial charge is 0.259 e. The number of likely N-dealkylation sites (N-methyl/N-ethyl adjacent to an activating group) is 1. The lowest BCUT2D eigenvalue weighted by atomic mass is 10.1. The number of nitrogens with one attached hydrogen (secondary N) is 11. The van der Waals surface area contributed by atoms with Gasteiger partial charge in [-0.05, 0) is 190 Å². The van der Waals surface area contributed by atoms with E-state index in [4.69, 9.17) is 109 Å². The number of benzene rings is 8. The SMILES string of the molecule is CC(=N)c1ccc(C(=O)Nc2c(C(=O)Nc3ccc(Cl)cn3)cc(Cl)cc2N(C)C)cc1.CN(C)c1cc(Cl)cc(C(=O)Nc2ccc(Cl)cn2)c1NC(=O)c1ccc(C(=N)N2CCCC2)cc1.CN(C)c1cc(Cl)cc(C(=O)Nc2ccc(Cl)cn2)c1NC(=O)c1ccc(C(=N)N2CCCCC2)cc1.CN1CCN=C1c1ccc(C(=O)Nc2c(C(=O)Nc3ccc(Cl)cn3)cc(Cl)cc2N(C)C)cc1. The fourth-order valence-electron chi connectivity index (χ4n) is 14.8. The largest absolute Gasteiger partial charge is 0.376 e. The molecule has 7 heterocycles. The number of carbonyl (C=O) groups is 8. The molecular weight excluding hydrogens is 1950 g/mol. The molecule has 0 bridgehead atoms. The minimum Gasteiger partial charge on any atom is -0.376 e. The highest BCUT2D eigenvalue weighted by Gasteiger charge is 2.29. The van der Waals surface area contributed by atoms with Crippen molar-refractivity contribution in [3.8, 4) is 0 Å². The average molecular weight is 2050 g/mol. The molecule has 2 saturated heterocycles.